The van der Waals surface area contributed by atoms with E-state index in [0.717, 1.165) is 4.90 Å². The van der Waals surface area contributed by atoms with Crippen LogP contribution in [0.25, 0.3) is 0 Å². The van der Waals surface area contributed by atoms with E-state index in [1.165, 1.54) is 29.2 Å². The zero-order valence-electron chi connectivity index (χ0n) is 20.6. The molecule has 14 heteroatoms. The summed E-state index contributed by atoms with van der Waals surface area (Å²) in [7, 11) is 0. The van der Waals surface area contributed by atoms with Gasteiger partial charge < -0.3 is 24.0 Å². The summed E-state index contributed by atoms with van der Waals surface area (Å²) in [6.07, 6.45) is -1.93. The molecule has 5 rings (SSSR count). The van der Waals surface area contributed by atoms with Crippen molar-refractivity contribution in [3.05, 3.63) is 62.9 Å². The van der Waals surface area contributed by atoms with Crippen LogP contribution in [0.2, 0.25) is 0 Å². The fraction of sp³-hybridized carbons (Fsp3) is 0.522. The second kappa shape index (κ2) is 10.7. The van der Waals surface area contributed by atoms with Gasteiger partial charge in [-0.15, -0.1) is 0 Å². The highest BCUT2D eigenvalue weighted by Crippen LogP contribution is 2.35. The number of halogens is 3. The topological polar surface area (TPSA) is 122 Å². The molecule has 3 aromatic rings. The van der Waals surface area contributed by atoms with Crippen molar-refractivity contribution in [3.63, 3.8) is 0 Å². The van der Waals surface area contributed by atoms with Gasteiger partial charge in [0.2, 0.25) is 5.95 Å². The Balaban J connectivity index is 0.000000396. The van der Waals surface area contributed by atoms with Crippen LogP contribution in [0.15, 0.2) is 44.8 Å². The fourth-order valence-electron chi connectivity index (χ4n) is 4.53. The number of fused-ring (bicyclic) bond motifs is 1. The SMILES string of the molecule is Cc1cc(CN2c3nc(N4[C@H](C)COC[C@H]4C)cc(=O)n3CC[C@H]2C(F)(F)F)on1.O=c1ccnc[nH]1. The summed E-state index contributed by atoms with van der Waals surface area (Å²) in [6.45, 7) is 6.23. The molecule has 0 aliphatic carbocycles. The number of alkyl halides is 3. The summed E-state index contributed by atoms with van der Waals surface area (Å²) in [5.41, 5.74) is 0.0795. The minimum absolute atomic E-state index is 0.00831. The average molecular weight is 524 g/mol. The number of morpholine rings is 1. The maximum absolute atomic E-state index is 13.8. The summed E-state index contributed by atoms with van der Waals surface area (Å²) in [5, 5.41) is 3.76. The Morgan fingerprint density at radius 2 is 1.89 bits per heavy atom. The van der Waals surface area contributed by atoms with Crippen LogP contribution < -0.4 is 20.9 Å². The fourth-order valence-corrected chi connectivity index (χ4v) is 4.53. The molecular weight excluding hydrogens is 495 g/mol. The first-order chi connectivity index (χ1) is 17.5. The predicted molar refractivity (Wildman–Crippen MR) is 127 cm³/mol. The maximum Gasteiger partial charge on any atom is 0.408 e. The summed E-state index contributed by atoms with van der Waals surface area (Å²) in [6, 6.07) is 2.45. The molecule has 5 heterocycles. The molecule has 0 amide bonds. The molecule has 0 radical (unpaired) electrons. The molecule has 1 fully saturated rings. The third-order valence-electron chi connectivity index (χ3n) is 6.14. The van der Waals surface area contributed by atoms with Crippen LogP contribution in [0.1, 0.15) is 31.7 Å². The summed E-state index contributed by atoms with van der Waals surface area (Å²) >= 11 is 0. The first-order valence-corrected chi connectivity index (χ1v) is 11.8. The van der Waals surface area contributed by atoms with Crippen LogP contribution in [0, 0.1) is 6.92 Å². The molecular formula is C23H28F3N7O4. The summed E-state index contributed by atoms with van der Waals surface area (Å²) in [5.74, 6) is 0.630. The number of aryl methyl sites for hydroxylation is 1. The van der Waals surface area contributed by atoms with Crippen molar-refractivity contribution in [1.82, 2.24) is 24.7 Å². The van der Waals surface area contributed by atoms with Crippen molar-refractivity contribution in [3.8, 4) is 0 Å². The van der Waals surface area contributed by atoms with Crippen molar-refractivity contribution in [2.45, 2.75) is 64.6 Å². The van der Waals surface area contributed by atoms with E-state index in [4.69, 9.17) is 9.26 Å². The third-order valence-corrected chi connectivity index (χ3v) is 6.14. The highest BCUT2D eigenvalue weighted by atomic mass is 19.4. The van der Waals surface area contributed by atoms with Crippen LogP contribution in [0.3, 0.4) is 0 Å². The number of aromatic amines is 1. The Kier molecular flexibility index (Phi) is 7.66. The standard InChI is InChI=1S/C19H24F3N5O3.C4H4N2O/c1-11-6-14(30-24-11)8-26-15(19(20,21)22)4-5-25-17(28)7-16(23-18(25)26)27-12(2)9-29-10-13(27)3;7-4-1-2-5-3-6-4/h6-7,12-13,15H,4-5,8-10H2,1-3H3;1-3H,(H,5,6,7)/t12-,13-,15+;/m1./s1. The van der Waals surface area contributed by atoms with Gasteiger partial charge in [0, 0.05) is 30.9 Å². The third kappa shape index (κ3) is 6.01. The molecule has 0 saturated carbocycles. The zero-order valence-corrected chi connectivity index (χ0v) is 20.6. The van der Waals surface area contributed by atoms with Gasteiger partial charge in [0.1, 0.15) is 11.9 Å². The number of anilines is 2. The molecule has 11 nitrogen and oxygen atoms in total. The van der Waals surface area contributed by atoms with Gasteiger partial charge in [0.05, 0.1) is 43.9 Å². The van der Waals surface area contributed by atoms with Gasteiger partial charge in [0.25, 0.3) is 11.1 Å². The average Bonchev–Trinajstić information content (AvgIpc) is 3.24. The molecule has 2 aliphatic rings. The largest absolute Gasteiger partial charge is 0.408 e. The maximum atomic E-state index is 13.8. The predicted octanol–water partition coefficient (Wildman–Crippen LogP) is 2.26. The number of H-pyrrole nitrogens is 1. The van der Waals surface area contributed by atoms with Crippen LogP contribution in [-0.4, -0.2) is 62.2 Å². The van der Waals surface area contributed by atoms with Crippen molar-refractivity contribution in [2.75, 3.05) is 23.0 Å². The Bertz CT molecular complexity index is 1290. The van der Waals surface area contributed by atoms with Crippen molar-refractivity contribution >= 4 is 11.8 Å². The lowest BCUT2D eigenvalue weighted by atomic mass is 10.1. The molecule has 3 aromatic heterocycles. The Morgan fingerprint density at radius 3 is 2.43 bits per heavy atom. The number of hydrogen-bond donors (Lipinski definition) is 1. The molecule has 0 unspecified atom stereocenters. The Morgan fingerprint density at radius 1 is 1.16 bits per heavy atom. The van der Waals surface area contributed by atoms with Gasteiger partial charge in [-0.05, 0) is 27.2 Å². The van der Waals surface area contributed by atoms with Gasteiger partial charge in [-0.2, -0.15) is 18.2 Å². The van der Waals surface area contributed by atoms with E-state index >= 15 is 0 Å². The Hall–Kier alpha value is -3.68. The summed E-state index contributed by atoms with van der Waals surface area (Å²) < 4.78 is 53.5. The van der Waals surface area contributed by atoms with Gasteiger partial charge >= 0.3 is 6.18 Å². The highest BCUT2D eigenvalue weighted by molar-refractivity contribution is 5.48. The van der Waals surface area contributed by atoms with Gasteiger partial charge in [-0.25, -0.2) is 4.98 Å². The van der Waals surface area contributed by atoms with Crippen LogP contribution in [0.4, 0.5) is 24.9 Å². The number of nitrogens with zero attached hydrogens (tertiary/aromatic N) is 6. The lowest BCUT2D eigenvalue weighted by Crippen LogP contribution is -2.53. The second-order valence-electron chi connectivity index (χ2n) is 9.06. The quantitative estimate of drug-likeness (QED) is 0.551. The van der Waals surface area contributed by atoms with E-state index < -0.39 is 12.2 Å². The van der Waals surface area contributed by atoms with E-state index in [2.05, 4.69) is 20.1 Å². The normalized spacial score (nSPS) is 21.7. The number of aromatic nitrogens is 5. The van der Waals surface area contributed by atoms with E-state index in [-0.39, 0.29) is 54.4 Å². The molecule has 0 bridgehead atoms. The monoisotopic (exact) mass is 523 g/mol. The van der Waals surface area contributed by atoms with Gasteiger partial charge in [0.15, 0.2) is 5.76 Å². The van der Waals surface area contributed by atoms with E-state index in [1.54, 1.807) is 13.0 Å². The van der Waals surface area contributed by atoms with Crippen molar-refractivity contribution in [1.29, 1.82) is 0 Å². The molecule has 0 spiro atoms. The molecule has 0 aromatic carbocycles. The van der Waals surface area contributed by atoms with Gasteiger partial charge in [-0.1, -0.05) is 5.16 Å². The number of rotatable bonds is 3. The van der Waals surface area contributed by atoms with Crippen molar-refractivity contribution < 1.29 is 22.4 Å². The van der Waals surface area contributed by atoms with E-state index in [1.807, 2.05) is 18.7 Å². The smallest absolute Gasteiger partial charge is 0.377 e. The minimum atomic E-state index is -4.48. The first-order valence-electron chi connectivity index (χ1n) is 11.8. The first kappa shape index (κ1) is 26.4. The second-order valence-corrected chi connectivity index (χ2v) is 9.06. The molecule has 200 valence electrons. The van der Waals surface area contributed by atoms with Crippen LogP contribution in [0.5, 0.6) is 0 Å². The lowest BCUT2D eigenvalue weighted by Gasteiger charge is -2.42. The summed E-state index contributed by atoms with van der Waals surface area (Å²) in [4.78, 5) is 36.5. The highest BCUT2D eigenvalue weighted by Gasteiger charge is 2.47. The minimum Gasteiger partial charge on any atom is -0.377 e. The lowest BCUT2D eigenvalue weighted by molar-refractivity contribution is -0.153. The molecule has 3 atom stereocenters. The number of hydrogen-bond acceptors (Lipinski definition) is 9. The molecule has 37 heavy (non-hydrogen) atoms. The number of nitrogens with one attached hydrogen (secondary N) is 1. The van der Waals surface area contributed by atoms with Crippen molar-refractivity contribution in [2.24, 2.45) is 0 Å². The number of ether oxygens (including phenoxy) is 1. The van der Waals surface area contributed by atoms with Gasteiger partial charge in [-0.3, -0.25) is 14.2 Å². The van der Waals surface area contributed by atoms with Crippen LogP contribution in [-0.2, 0) is 17.8 Å². The van der Waals surface area contributed by atoms with E-state index in [0.29, 0.717) is 24.7 Å². The molecule has 1 N–H and O–H groups in total. The van der Waals surface area contributed by atoms with E-state index in [9.17, 15) is 22.8 Å². The Labute approximate surface area is 209 Å². The molecule has 2 aliphatic heterocycles. The zero-order chi connectivity index (χ0) is 26.7. The molecule has 1 saturated heterocycles. The van der Waals surface area contributed by atoms with Crippen LogP contribution >= 0.6 is 0 Å².